The molecule has 1 fully saturated rings. The second kappa shape index (κ2) is 9.69. The quantitative estimate of drug-likeness (QED) is 0.281. The number of carbonyl (C=O) groups excluding carboxylic acids is 4. The fourth-order valence-corrected chi connectivity index (χ4v) is 3.12. The number of nitro benzene ring substituents is 1. The molecule has 1 aliphatic rings. The summed E-state index contributed by atoms with van der Waals surface area (Å²) in [4.78, 5) is 59.5. The maximum absolute atomic E-state index is 12.4. The first-order chi connectivity index (χ1) is 15.3. The van der Waals surface area contributed by atoms with Gasteiger partial charge in [0.2, 0.25) is 5.91 Å². The zero-order valence-electron chi connectivity index (χ0n) is 17.0. The molecule has 1 atom stereocenters. The van der Waals surface area contributed by atoms with Crippen molar-refractivity contribution in [2.24, 2.45) is 5.92 Å². The van der Waals surface area contributed by atoms with E-state index in [-0.39, 0.29) is 18.5 Å². The van der Waals surface area contributed by atoms with Crippen molar-refractivity contribution in [1.82, 2.24) is 10.4 Å². The zero-order chi connectivity index (χ0) is 23.3. The molecule has 1 heterocycles. The van der Waals surface area contributed by atoms with Crippen molar-refractivity contribution < 1.29 is 33.6 Å². The molecular formula is C21H19N3O8. The lowest BCUT2D eigenvalue weighted by Crippen LogP contribution is -2.43. The Morgan fingerprint density at radius 2 is 1.94 bits per heavy atom. The number of amides is 2. The molecule has 32 heavy (non-hydrogen) atoms. The first-order valence-electron chi connectivity index (χ1n) is 9.48. The summed E-state index contributed by atoms with van der Waals surface area (Å²) in [6.45, 7) is -0.698. The average Bonchev–Trinajstić information content (AvgIpc) is 3.17. The highest BCUT2D eigenvalue weighted by Gasteiger charge is 2.37. The van der Waals surface area contributed by atoms with Crippen molar-refractivity contribution in [2.45, 2.75) is 6.42 Å². The summed E-state index contributed by atoms with van der Waals surface area (Å²) in [5, 5.41) is 12.0. The third-order valence-electron chi connectivity index (χ3n) is 4.78. The summed E-state index contributed by atoms with van der Waals surface area (Å²) in [5.74, 6) is -3.04. The molecule has 0 aromatic heterocycles. The molecule has 0 spiro atoms. The number of nitrogens with zero attached hydrogens (tertiary/aromatic N) is 2. The van der Waals surface area contributed by atoms with Gasteiger partial charge >= 0.3 is 5.97 Å². The van der Waals surface area contributed by atoms with E-state index in [4.69, 9.17) is 9.47 Å². The van der Waals surface area contributed by atoms with E-state index in [0.717, 1.165) is 5.01 Å². The maximum atomic E-state index is 12.4. The number of para-hydroxylation sites is 1. The molecule has 3 rings (SSSR count). The van der Waals surface area contributed by atoms with Gasteiger partial charge in [0.05, 0.1) is 24.5 Å². The summed E-state index contributed by atoms with van der Waals surface area (Å²) >= 11 is 0. The van der Waals surface area contributed by atoms with Crippen LogP contribution < -0.4 is 10.2 Å². The first-order valence-corrected chi connectivity index (χ1v) is 9.48. The molecule has 0 bridgehead atoms. The number of hydrogen-bond donors (Lipinski definition) is 1. The van der Waals surface area contributed by atoms with Crippen LogP contribution in [0.15, 0.2) is 48.5 Å². The van der Waals surface area contributed by atoms with Crippen LogP contribution in [-0.2, 0) is 14.3 Å². The van der Waals surface area contributed by atoms with Gasteiger partial charge in [-0.25, -0.2) is 0 Å². The van der Waals surface area contributed by atoms with E-state index in [1.165, 1.54) is 37.4 Å². The van der Waals surface area contributed by atoms with Crippen LogP contribution in [0.5, 0.6) is 5.75 Å². The highest BCUT2D eigenvalue weighted by molar-refractivity contribution is 6.00. The van der Waals surface area contributed by atoms with E-state index in [9.17, 15) is 29.3 Å². The minimum atomic E-state index is -0.897. The number of carbonyl (C=O) groups is 4. The molecule has 2 amide bonds. The summed E-state index contributed by atoms with van der Waals surface area (Å²) < 4.78 is 10.1. The van der Waals surface area contributed by atoms with Gasteiger partial charge in [0, 0.05) is 18.1 Å². The fraction of sp³-hybridized carbons (Fsp3) is 0.238. The van der Waals surface area contributed by atoms with Crippen LogP contribution in [-0.4, -0.2) is 53.8 Å². The number of rotatable bonds is 8. The predicted molar refractivity (Wildman–Crippen MR) is 109 cm³/mol. The number of nitro groups is 1. The van der Waals surface area contributed by atoms with E-state index >= 15 is 0 Å². The highest BCUT2D eigenvalue weighted by Crippen LogP contribution is 2.21. The lowest BCUT2D eigenvalue weighted by Gasteiger charge is -2.17. The van der Waals surface area contributed by atoms with Gasteiger partial charge in [-0.1, -0.05) is 24.3 Å². The Morgan fingerprint density at radius 3 is 2.66 bits per heavy atom. The number of esters is 1. The molecule has 2 aromatic rings. The Balaban J connectivity index is 1.57. The van der Waals surface area contributed by atoms with Crippen LogP contribution in [0.2, 0.25) is 0 Å². The second-order valence-electron chi connectivity index (χ2n) is 6.88. The van der Waals surface area contributed by atoms with Crippen LogP contribution in [0.1, 0.15) is 27.1 Å². The van der Waals surface area contributed by atoms with Crippen LogP contribution in [0.3, 0.4) is 0 Å². The number of nitrogens with one attached hydrogen (secondary N) is 1. The Hall–Kier alpha value is -4.28. The summed E-state index contributed by atoms with van der Waals surface area (Å²) in [7, 11) is 1.46. The number of hydrogen-bond acceptors (Lipinski definition) is 8. The lowest BCUT2D eigenvalue weighted by atomic mass is 10.1. The van der Waals surface area contributed by atoms with Gasteiger partial charge in [-0.3, -0.25) is 39.7 Å². The van der Waals surface area contributed by atoms with Crippen molar-refractivity contribution in [3.63, 3.8) is 0 Å². The topological polar surface area (TPSA) is 145 Å². The normalized spacial score (nSPS) is 15.2. The SMILES string of the molecule is COc1cccc(C(=O)COC(=O)[C@@H]2CC(=O)N(NC(=O)c3ccccc3[N+](=O)[O-])C2)c1. The summed E-state index contributed by atoms with van der Waals surface area (Å²) in [5.41, 5.74) is 1.95. The van der Waals surface area contributed by atoms with E-state index in [1.807, 2.05) is 0 Å². The predicted octanol–water partition coefficient (Wildman–Crippen LogP) is 1.52. The van der Waals surface area contributed by atoms with Gasteiger partial charge < -0.3 is 9.47 Å². The smallest absolute Gasteiger partial charge is 0.311 e. The fourth-order valence-electron chi connectivity index (χ4n) is 3.12. The van der Waals surface area contributed by atoms with Crippen LogP contribution in [0.25, 0.3) is 0 Å². The largest absolute Gasteiger partial charge is 0.497 e. The van der Waals surface area contributed by atoms with E-state index in [0.29, 0.717) is 11.3 Å². The molecule has 0 unspecified atom stereocenters. The molecule has 0 aliphatic carbocycles. The average molecular weight is 441 g/mol. The highest BCUT2D eigenvalue weighted by atomic mass is 16.6. The Kier molecular flexibility index (Phi) is 6.78. The van der Waals surface area contributed by atoms with E-state index < -0.39 is 46.7 Å². The monoisotopic (exact) mass is 441 g/mol. The molecule has 1 saturated heterocycles. The minimum Gasteiger partial charge on any atom is -0.497 e. The van der Waals surface area contributed by atoms with Crippen molar-refractivity contribution in [3.05, 3.63) is 69.8 Å². The molecule has 11 heteroatoms. The van der Waals surface area contributed by atoms with Crippen LogP contribution in [0.4, 0.5) is 5.69 Å². The summed E-state index contributed by atoms with van der Waals surface area (Å²) in [6, 6.07) is 11.6. The van der Waals surface area contributed by atoms with Crippen molar-refractivity contribution in [1.29, 1.82) is 0 Å². The van der Waals surface area contributed by atoms with Crippen molar-refractivity contribution >= 4 is 29.3 Å². The molecule has 166 valence electrons. The first kappa shape index (κ1) is 22.4. The van der Waals surface area contributed by atoms with Crippen LogP contribution >= 0.6 is 0 Å². The minimum absolute atomic E-state index is 0.183. The Labute approximate surface area is 182 Å². The number of benzene rings is 2. The molecular weight excluding hydrogens is 422 g/mol. The standard InChI is InChI=1S/C21H19N3O8/c1-31-15-6-4-5-13(9-15)18(25)12-32-21(28)14-10-19(26)23(11-14)22-20(27)16-7-2-3-8-17(16)24(29)30/h2-9,14H,10-12H2,1H3,(H,22,27)/t14-/m1/s1. The molecule has 1 aliphatic heterocycles. The van der Waals surface area contributed by atoms with E-state index in [2.05, 4.69) is 5.43 Å². The molecule has 1 N–H and O–H groups in total. The van der Waals surface area contributed by atoms with Gasteiger partial charge in [0.25, 0.3) is 11.6 Å². The second-order valence-corrected chi connectivity index (χ2v) is 6.88. The molecule has 11 nitrogen and oxygen atoms in total. The van der Waals surface area contributed by atoms with Gasteiger partial charge in [0.15, 0.2) is 12.4 Å². The lowest BCUT2D eigenvalue weighted by molar-refractivity contribution is -0.385. The van der Waals surface area contributed by atoms with Crippen LogP contribution in [0, 0.1) is 16.0 Å². The number of ketones is 1. The molecule has 0 saturated carbocycles. The number of hydrazine groups is 1. The third-order valence-corrected chi connectivity index (χ3v) is 4.78. The molecule has 0 radical (unpaired) electrons. The van der Waals surface area contributed by atoms with Gasteiger partial charge in [0.1, 0.15) is 11.3 Å². The summed E-state index contributed by atoms with van der Waals surface area (Å²) in [6.07, 6.45) is -0.233. The van der Waals surface area contributed by atoms with Gasteiger partial charge in [-0.2, -0.15) is 0 Å². The maximum Gasteiger partial charge on any atom is 0.311 e. The number of Topliss-reactive ketones (excluding diaryl/α,β-unsaturated/α-hetero) is 1. The molecule has 2 aromatic carbocycles. The van der Waals surface area contributed by atoms with E-state index in [1.54, 1.807) is 18.2 Å². The Morgan fingerprint density at radius 1 is 1.19 bits per heavy atom. The Bertz CT molecular complexity index is 1080. The zero-order valence-corrected chi connectivity index (χ0v) is 17.0. The van der Waals surface area contributed by atoms with Gasteiger partial charge in [-0.05, 0) is 18.2 Å². The third kappa shape index (κ3) is 5.06. The van der Waals surface area contributed by atoms with Crippen molar-refractivity contribution in [2.75, 3.05) is 20.3 Å². The number of ether oxygens (including phenoxy) is 2. The number of methoxy groups -OCH3 is 1. The van der Waals surface area contributed by atoms with Crippen molar-refractivity contribution in [3.8, 4) is 5.75 Å². The van der Waals surface area contributed by atoms with Gasteiger partial charge in [-0.15, -0.1) is 0 Å².